The third-order valence-electron chi connectivity index (χ3n) is 9.18. The summed E-state index contributed by atoms with van der Waals surface area (Å²) in [5.41, 5.74) is 2.08. The van der Waals surface area contributed by atoms with Crippen LogP contribution in [0.25, 0.3) is 0 Å². The Morgan fingerprint density at radius 3 is 2.60 bits per heavy atom. The molecule has 0 unspecified atom stereocenters. The number of halogens is 1. The predicted octanol–water partition coefficient (Wildman–Crippen LogP) is 5.30. The highest BCUT2D eigenvalue weighted by Gasteiger charge is 2.42. The van der Waals surface area contributed by atoms with Gasteiger partial charge in [-0.3, -0.25) is 4.79 Å². The van der Waals surface area contributed by atoms with Gasteiger partial charge in [-0.15, -0.1) is 0 Å². The fourth-order valence-corrected chi connectivity index (χ4v) is 7.05. The van der Waals surface area contributed by atoms with Gasteiger partial charge in [-0.25, -0.2) is 4.79 Å². The van der Waals surface area contributed by atoms with Gasteiger partial charge in [0.25, 0.3) is 0 Å². The van der Waals surface area contributed by atoms with Gasteiger partial charge in [-0.05, 0) is 73.1 Å². The quantitative estimate of drug-likeness (QED) is 0.492. The second-order valence-electron chi connectivity index (χ2n) is 12.4. The van der Waals surface area contributed by atoms with Gasteiger partial charge in [-0.1, -0.05) is 49.4 Å². The summed E-state index contributed by atoms with van der Waals surface area (Å²) >= 11 is 6.39. The summed E-state index contributed by atoms with van der Waals surface area (Å²) in [5.74, 6) is -0.589. The lowest BCUT2D eigenvalue weighted by Crippen LogP contribution is -2.46. The van der Waals surface area contributed by atoms with E-state index in [0.29, 0.717) is 18.7 Å². The van der Waals surface area contributed by atoms with Crippen molar-refractivity contribution in [2.75, 3.05) is 51.4 Å². The SMILES string of the molecule is CN1CCCCCCCCN2C[C@@]3(CCCc4cc(Cl)ccc43)COc3ccc(cc32)[C@](O)(COCC(=O)O)CC1=O. The molecule has 2 bridgehead atoms. The average molecular weight is 599 g/mol. The molecule has 2 heterocycles. The Morgan fingerprint density at radius 2 is 1.81 bits per heavy atom. The number of ether oxygens (including phenoxy) is 2. The van der Waals surface area contributed by atoms with Crippen LogP contribution in [-0.2, 0) is 31.8 Å². The molecule has 2 aromatic rings. The molecule has 2 N–H and O–H groups in total. The smallest absolute Gasteiger partial charge is 0.329 e. The van der Waals surface area contributed by atoms with E-state index in [0.717, 1.165) is 87.3 Å². The summed E-state index contributed by atoms with van der Waals surface area (Å²) in [6, 6.07) is 11.8. The topological polar surface area (TPSA) is 99.5 Å². The van der Waals surface area contributed by atoms with Crippen molar-refractivity contribution >= 4 is 29.2 Å². The van der Waals surface area contributed by atoms with Gasteiger partial charge in [0.15, 0.2) is 0 Å². The van der Waals surface area contributed by atoms with Crippen LogP contribution in [-0.4, -0.2) is 73.5 Å². The fourth-order valence-electron chi connectivity index (χ4n) is 6.85. The highest BCUT2D eigenvalue weighted by molar-refractivity contribution is 6.30. The number of carboxylic acids is 1. The van der Waals surface area contributed by atoms with E-state index in [9.17, 15) is 14.7 Å². The number of carboxylic acid groups (broad SMARTS) is 1. The number of amides is 1. The van der Waals surface area contributed by atoms with Crippen molar-refractivity contribution in [3.8, 4) is 5.75 Å². The van der Waals surface area contributed by atoms with Crippen LogP contribution in [0.15, 0.2) is 36.4 Å². The van der Waals surface area contributed by atoms with E-state index >= 15 is 0 Å². The highest BCUT2D eigenvalue weighted by Crippen LogP contribution is 2.45. The minimum Gasteiger partial charge on any atom is -0.490 e. The molecule has 0 saturated heterocycles. The van der Waals surface area contributed by atoms with E-state index in [1.54, 1.807) is 18.0 Å². The van der Waals surface area contributed by atoms with Crippen LogP contribution in [0.4, 0.5) is 5.69 Å². The number of fused-ring (bicyclic) bond motifs is 3. The lowest BCUT2D eigenvalue weighted by molar-refractivity contribution is -0.148. The number of rotatable bonds is 4. The maximum Gasteiger partial charge on any atom is 0.329 e. The molecule has 1 aliphatic carbocycles. The molecule has 228 valence electrons. The minimum absolute atomic E-state index is 0.197. The zero-order valence-electron chi connectivity index (χ0n) is 24.6. The maximum atomic E-state index is 13.3. The van der Waals surface area contributed by atoms with Crippen LogP contribution in [0.5, 0.6) is 5.75 Å². The molecule has 0 fully saturated rings. The van der Waals surface area contributed by atoms with Crippen LogP contribution >= 0.6 is 11.6 Å². The first-order valence-corrected chi connectivity index (χ1v) is 15.6. The van der Waals surface area contributed by atoms with Gasteiger partial charge < -0.3 is 29.5 Å². The maximum absolute atomic E-state index is 13.3. The molecule has 1 amide bonds. The Morgan fingerprint density at radius 1 is 1.05 bits per heavy atom. The zero-order chi connectivity index (χ0) is 29.7. The summed E-state index contributed by atoms with van der Waals surface area (Å²) < 4.78 is 12.0. The molecule has 0 radical (unpaired) electrons. The van der Waals surface area contributed by atoms with Crippen molar-refractivity contribution in [2.24, 2.45) is 0 Å². The number of aryl methyl sites for hydroxylation is 1. The van der Waals surface area contributed by atoms with Gasteiger partial charge in [0.2, 0.25) is 5.91 Å². The van der Waals surface area contributed by atoms with Crippen molar-refractivity contribution in [1.29, 1.82) is 0 Å². The number of anilines is 1. The van der Waals surface area contributed by atoms with Crippen LogP contribution in [0.3, 0.4) is 0 Å². The molecule has 42 heavy (non-hydrogen) atoms. The third kappa shape index (κ3) is 6.87. The molecule has 2 aromatic carbocycles. The largest absolute Gasteiger partial charge is 0.490 e. The number of hydrogen-bond acceptors (Lipinski definition) is 6. The second kappa shape index (κ2) is 13.2. The molecule has 1 spiro atoms. The lowest BCUT2D eigenvalue weighted by Gasteiger charge is -2.41. The van der Waals surface area contributed by atoms with Gasteiger partial charge in [0.1, 0.15) is 18.0 Å². The molecule has 2 aliphatic heterocycles. The number of nitrogens with zero attached hydrogens (tertiary/aromatic N) is 2. The summed E-state index contributed by atoms with van der Waals surface area (Å²) in [4.78, 5) is 28.5. The second-order valence-corrected chi connectivity index (χ2v) is 12.8. The Hall–Kier alpha value is -2.81. The average Bonchev–Trinajstić information content (AvgIpc) is 3.10. The van der Waals surface area contributed by atoms with Crippen LogP contribution in [0.1, 0.15) is 74.5 Å². The normalized spacial score (nSPS) is 25.5. The first kappa shape index (κ1) is 30.6. The summed E-state index contributed by atoms with van der Waals surface area (Å²) in [6.07, 6.45) is 9.25. The van der Waals surface area contributed by atoms with E-state index in [1.807, 2.05) is 18.2 Å². The Labute approximate surface area is 253 Å². The molecule has 3 aliphatic rings. The van der Waals surface area contributed by atoms with Gasteiger partial charge in [0.05, 0.1) is 25.3 Å². The molecular formula is C33H43ClN2O6. The van der Waals surface area contributed by atoms with E-state index in [4.69, 9.17) is 26.2 Å². The molecular weight excluding hydrogens is 556 g/mol. The first-order valence-electron chi connectivity index (χ1n) is 15.3. The van der Waals surface area contributed by atoms with Crippen LogP contribution < -0.4 is 9.64 Å². The molecule has 5 rings (SSSR count). The van der Waals surface area contributed by atoms with Crippen molar-refractivity contribution in [1.82, 2.24) is 4.90 Å². The van der Waals surface area contributed by atoms with E-state index in [2.05, 4.69) is 17.0 Å². The van der Waals surface area contributed by atoms with Gasteiger partial charge in [-0.2, -0.15) is 0 Å². The Balaban J connectivity index is 1.54. The Bertz CT molecular complexity index is 1290. The third-order valence-corrected chi connectivity index (χ3v) is 9.42. The summed E-state index contributed by atoms with van der Waals surface area (Å²) in [7, 11) is 1.76. The number of carbonyl (C=O) groups is 2. The summed E-state index contributed by atoms with van der Waals surface area (Å²) in [6.45, 7) is 1.91. The van der Waals surface area contributed by atoms with E-state index in [-0.39, 0.29) is 24.3 Å². The van der Waals surface area contributed by atoms with Crippen molar-refractivity contribution in [2.45, 2.75) is 75.2 Å². The standard InChI is InChI=1S/C33H43ClN2O6/c1-35-15-6-4-2-3-5-7-16-36-21-32(14-8-9-24-17-26(34)11-12-27(24)32)22-42-29-13-10-25(18-28(29)36)33(40,19-30(35)37)23-41-20-31(38)39/h10-13,17-18,40H,2-9,14-16,19-23H2,1H3,(H,38,39)/t32-,33+/m0/s1. The lowest BCUT2D eigenvalue weighted by atomic mass is 9.70. The van der Waals surface area contributed by atoms with Gasteiger partial charge in [0, 0.05) is 37.1 Å². The summed E-state index contributed by atoms with van der Waals surface area (Å²) in [5, 5.41) is 21.9. The van der Waals surface area contributed by atoms with Crippen molar-refractivity contribution < 1.29 is 29.3 Å². The van der Waals surface area contributed by atoms with Crippen molar-refractivity contribution in [3.05, 3.63) is 58.1 Å². The number of benzene rings is 2. The molecule has 9 heteroatoms. The molecule has 0 aromatic heterocycles. The zero-order valence-corrected chi connectivity index (χ0v) is 25.3. The van der Waals surface area contributed by atoms with Crippen molar-refractivity contribution in [3.63, 3.8) is 0 Å². The van der Waals surface area contributed by atoms with Crippen LogP contribution in [0, 0.1) is 0 Å². The van der Waals surface area contributed by atoms with Gasteiger partial charge >= 0.3 is 5.97 Å². The fraction of sp³-hybridized carbons (Fsp3) is 0.576. The van der Waals surface area contributed by atoms with E-state index in [1.165, 1.54) is 11.1 Å². The Kier molecular flexibility index (Phi) is 9.65. The molecule has 0 saturated carbocycles. The first-order chi connectivity index (χ1) is 20.2. The highest BCUT2D eigenvalue weighted by atomic mass is 35.5. The number of carbonyl (C=O) groups excluding carboxylic acids is 1. The van der Waals surface area contributed by atoms with E-state index < -0.39 is 18.2 Å². The van der Waals surface area contributed by atoms with Crippen LogP contribution in [0.2, 0.25) is 5.02 Å². The minimum atomic E-state index is -1.70. The molecule has 2 atom stereocenters. The number of hydrogen-bond donors (Lipinski definition) is 2. The predicted molar refractivity (Wildman–Crippen MR) is 163 cm³/mol. The molecule has 8 nitrogen and oxygen atoms in total. The number of aliphatic carboxylic acids is 1. The monoisotopic (exact) mass is 598 g/mol. The number of aliphatic hydroxyl groups is 1.